The average Bonchev–Trinajstić information content (AvgIpc) is 3.31. The molecule has 280 valence electrons. The highest BCUT2D eigenvalue weighted by Crippen LogP contribution is 2.53. The number of pyridine rings is 2. The van der Waals surface area contributed by atoms with Crippen LogP contribution in [-0.2, 0) is 0 Å². The second-order valence-corrected chi connectivity index (χ2v) is 14.0. The zero-order valence-electron chi connectivity index (χ0n) is 31.5. The van der Waals surface area contributed by atoms with Crippen molar-refractivity contribution in [2.75, 3.05) is 14.7 Å². The summed E-state index contributed by atoms with van der Waals surface area (Å²) in [6, 6.07) is 59.2. The van der Waals surface area contributed by atoms with Gasteiger partial charge in [0.2, 0.25) is 5.95 Å². The maximum absolute atomic E-state index is 6.45. The molecule has 0 fully saturated rings. The van der Waals surface area contributed by atoms with Crippen LogP contribution in [0.4, 0.5) is 51.7 Å². The second-order valence-electron chi connectivity index (χ2n) is 14.0. The van der Waals surface area contributed by atoms with Gasteiger partial charge in [-0.1, -0.05) is 72.8 Å². The topological polar surface area (TPSA) is 79.7 Å². The molecule has 2 aliphatic heterocycles. The third kappa shape index (κ3) is 6.14. The third-order valence-electron chi connectivity index (χ3n) is 10.5. The number of rotatable bonds is 7. The van der Waals surface area contributed by atoms with Gasteiger partial charge in [-0.2, -0.15) is 9.97 Å². The van der Waals surface area contributed by atoms with Crippen LogP contribution < -0.4 is 24.2 Å². The molecule has 0 spiro atoms. The molecule has 0 bridgehead atoms. The molecule has 11 rings (SSSR count). The van der Waals surface area contributed by atoms with Crippen molar-refractivity contribution in [3.05, 3.63) is 201 Å². The van der Waals surface area contributed by atoms with Gasteiger partial charge in [-0.25, -0.2) is 0 Å². The first-order chi connectivity index (χ1) is 29.2. The lowest BCUT2D eigenvalue weighted by Crippen LogP contribution is -2.22. The van der Waals surface area contributed by atoms with E-state index in [1.165, 1.54) is 0 Å². The Kier molecular flexibility index (Phi) is 8.25. The molecule has 9 heteroatoms. The molecule has 0 atom stereocenters. The summed E-state index contributed by atoms with van der Waals surface area (Å²) in [5, 5.41) is 0. The summed E-state index contributed by atoms with van der Waals surface area (Å²) >= 11 is 0. The molecule has 0 saturated carbocycles. The highest BCUT2D eigenvalue weighted by molar-refractivity contribution is 5.90. The van der Waals surface area contributed by atoms with Crippen molar-refractivity contribution < 1.29 is 9.47 Å². The Morgan fingerprint density at radius 3 is 1.03 bits per heavy atom. The van der Waals surface area contributed by atoms with Gasteiger partial charge >= 0.3 is 0 Å². The zero-order chi connectivity index (χ0) is 39.1. The minimum Gasteiger partial charge on any atom is -0.453 e. The molecule has 0 aliphatic carbocycles. The highest BCUT2D eigenvalue weighted by Gasteiger charge is 2.32. The van der Waals surface area contributed by atoms with Gasteiger partial charge in [0, 0.05) is 42.2 Å². The van der Waals surface area contributed by atoms with Crippen LogP contribution >= 0.6 is 0 Å². The molecule has 2 aliphatic rings. The van der Waals surface area contributed by atoms with E-state index in [9.17, 15) is 0 Å². The summed E-state index contributed by atoms with van der Waals surface area (Å²) in [6.45, 7) is 0. The van der Waals surface area contributed by atoms with E-state index >= 15 is 0 Å². The first-order valence-electron chi connectivity index (χ1n) is 19.3. The molecule has 9 nitrogen and oxygen atoms in total. The van der Waals surface area contributed by atoms with Gasteiger partial charge in [-0.15, -0.1) is 0 Å². The normalized spacial score (nSPS) is 12.3. The number of fused-ring (bicyclic) bond motifs is 4. The van der Waals surface area contributed by atoms with Crippen LogP contribution in [0.1, 0.15) is 0 Å². The van der Waals surface area contributed by atoms with Crippen LogP contribution in [0, 0.1) is 0 Å². The Labute approximate surface area is 340 Å². The summed E-state index contributed by atoms with van der Waals surface area (Å²) < 4.78 is 12.9. The van der Waals surface area contributed by atoms with Crippen LogP contribution in [-0.4, -0.2) is 19.9 Å². The molecule has 0 radical (unpaired) electrons. The van der Waals surface area contributed by atoms with E-state index in [0.29, 0.717) is 17.6 Å². The number of aromatic nitrogens is 4. The Bertz CT molecular complexity index is 2670. The quantitative estimate of drug-likeness (QED) is 0.158. The molecule has 5 heterocycles. The van der Waals surface area contributed by atoms with E-state index in [2.05, 4.69) is 97.5 Å². The number of hydrogen-bond acceptors (Lipinski definition) is 9. The molecular weight excluding hydrogens is 731 g/mol. The lowest BCUT2D eigenvalue weighted by Gasteiger charge is -2.35. The smallest absolute Gasteiger partial charge is 0.238 e. The van der Waals surface area contributed by atoms with Crippen molar-refractivity contribution in [2.45, 2.75) is 0 Å². The fraction of sp³-hybridized carbons (Fsp3) is 0. The monoisotopic (exact) mass is 763 g/mol. The lowest BCUT2D eigenvalue weighted by molar-refractivity contribution is 0.476. The van der Waals surface area contributed by atoms with Crippen LogP contribution in [0.2, 0.25) is 0 Å². The fourth-order valence-corrected chi connectivity index (χ4v) is 7.72. The van der Waals surface area contributed by atoms with Crippen LogP contribution in [0.25, 0.3) is 22.3 Å². The van der Waals surface area contributed by atoms with E-state index in [-0.39, 0.29) is 0 Å². The van der Waals surface area contributed by atoms with Gasteiger partial charge in [0.15, 0.2) is 23.0 Å². The molecule has 6 aromatic carbocycles. The molecule has 3 aromatic heterocycles. The van der Waals surface area contributed by atoms with Crippen molar-refractivity contribution in [1.82, 2.24) is 19.9 Å². The maximum Gasteiger partial charge on any atom is 0.238 e. The Morgan fingerprint density at radius 1 is 0.356 bits per heavy atom. The van der Waals surface area contributed by atoms with Gasteiger partial charge in [-0.05, 0) is 119 Å². The molecule has 0 N–H and O–H groups in total. The van der Waals surface area contributed by atoms with Crippen molar-refractivity contribution >= 4 is 51.7 Å². The summed E-state index contributed by atoms with van der Waals surface area (Å²) in [7, 11) is 0. The van der Waals surface area contributed by atoms with Gasteiger partial charge in [0.05, 0.1) is 22.7 Å². The number of ether oxygens (including phenoxy) is 2. The predicted molar refractivity (Wildman–Crippen MR) is 233 cm³/mol. The first-order valence-corrected chi connectivity index (χ1v) is 19.3. The molecule has 59 heavy (non-hydrogen) atoms. The van der Waals surface area contributed by atoms with Crippen molar-refractivity contribution in [3.63, 3.8) is 0 Å². The fourth-order valence-electron chi connectivity index (χ4n) is 7.72. The lowest BCUT2D eigenvalue weighted by atomic mass is 10.1. The van der Waals surface area contributed by atoms with Crippen molar-refractivity contribution in [3.8, 4) is 45.3 Å². The third-order valence-corrected chi connectivity index (χ3v) is 10.5. The SMILES string of the molecule is c1ccc2c(c1)Oc1ccccc1N2c1cc(N2c3ccccc3Oc3ccccc32)nc(N(c2ccc(-c3ccncc3)cc2)c2ccc(-c3ccncc3)cc2)n1. The first kappa shape index (κ1) is 34.0. The minimum atomic E-state index is 0.466. The average molecular weight is 764 g/mol. The maximum atomic E-state index is 6.45. The van der Waals surface area contributed by atoms with Gasteiger partial charge in [-0.3, -0.25) is 24.7 Å². The van der Waals surface area contributed by atoms with Crippen LogP contribution in [0.5, 0.6) is 23.0 Å². The van der Waals surface area contributed by atoms with Crippen molar-refractivity contribution in [1.29, 1.82) is 0 Å². The summed E-state index contributed by atoms with van der Waals surface area (Å²) in [5.41, 5.74) is 9.51. The largest absolute Gasteiger partial charge is 0.453 e. The van der Waals surface area contributed by atoms with Crippen LogP contribution in [0.15, 0.2) is 201 Å². The molecule has 0 saturated heterocycles. The van der Waals surface area contributed by atoms with E-state index in [1.807, 2.05) is 128 Å². The van der Waals surface area contributed by atoms with E-state index in [4.69, 9.17) is 19.4 Å². The van der Waals surface area contributed by atoms with Crippen LogP contribution in [0.3, 0.4) is 0 Å². The predicted octanol–water partition coefficient (Wildman–Crippen LogP) is 13.2. The summed E-state index contributed by atoms with van der Waals surface area (Å²) in [4.78, 5) is 25.8. The molecule has 9 aromatic rings. The van der Waals surface area contributed by atoms with Gasteiger partial charge < -0.3 is 9.47 Å². The summed E-state index contributed by atoms with van der Waals surface area (Å²) in [6.07, 6.45) is 7.24. The van der Waals surface area contributed by atoms with Crippen molar-refractivity contribution in [2.24, 2.45) is 0 Å². The Balaban J connectivity index is 1.16. The number of hydrogen-bond donors (Lipinski definition) is 0. The van der Waals surface area contributed by atoms with Gasteiger partial charge in [0.1, 0.15) is 11.6 Å². The Hall–Kier alpha value is -8.30. The standard InChI is InChI=1S/C50H33N7O2/c1-5-13-44-40(9-1)56(41-10-2-6-14-45(41)58-44)48-33-49(57-42-11-3-7-15-46(42)59-47-16-8-4-12-43(47)57)54-50(53-48)55(38-21-17-34(18-22-38)36-25-29-51-30-26-36)39-23-19-35(20-24-39)37-27-31-52-32-28-37/h1-33H. The molecule has 0 amide bonds. The highest BCUT2D eigenvalue weighted by atomic mass is 16.5. The second kappa shape index (κ2) is 14.3. The number of benzene rings is 6. The minimum absolute atomic E-state index is 0.466. The van der Waals surface area contributed by atoms with E-state index in [0.717, 1.165) is 79.4 Å². The number of nitrogens with zero attached hydrogens (tertiary/aromatic N) is 7. The number of para-hydroxylation sites is 8. The summed E-state index contributed by atoms with van der Waals surface area (Å²) in [5.74, 6) is 4.68. The Morgan fingerprint density at radius 2 is 0.678 bits per heavy atom. The van der Waals surface area contributed by atoms with E-state index < -0.39 is 0 Å². The molecular formula is C50H33N7O2. The zero-order valence-corrected chi connectivity index (χ0v) is 31.5. The van der Waals surface area contributed by atoms with Gasteiger partial charge in [0.25, 0.3) is 0 Å². The number of anilines is 9. The van der Waals surface area contributed by atoms with E-state index in [1.54, 1.807) is 0 Å². The molecule has 0 unspecified atom stereocenters.